The lowest BCUT2D eigenvalue weighted by Gasteiger charge is -2.46. The van der Waals surface area contributed by atoms with Crippen LogP contribution in [0.1, 0.15) is 45.7 Å². The Morgan fingerprint density at radius 1 is 1.16 bits per heavy atom. The largest absolute Gasteiger partial charge is 0.502 e. The molecular weight excluding hydrogens is 510 g/mol. The molecule has 0 saturated carbocycles. The molecule has 3 heterocycles. The van der Waals surface area contributed by atoms with Crippen molar-refractivity contribution in [1.29, 1.82) is 0 Å². The van der Waals surface area contributed by atoms with Gasteiger partial charge in [0.15, 0.2) is 11.4 Å². The maximum absolute atomic E-state index is 15.1. The highest BCUT2D eigenvalue weighted by Crippen LogP contribution is 2.45. The van der Waals surface area contributed by atoms with Gasteiger partial charge in [0.25, 0.3) is 5.91 Å². The Hall–Kier alpha value is -3.91. The lowest BCUT2D eigenvalue weighted by molar-refractivity contribution is -0.173. The van der Waals surface area contributed by atoms with E-state index in [0.717, 1.165) is 23.2 Å². The number of thioether (sulfide) groups is 1. The Morgan fingerprint density at radius 2 is 1.89 bits per heavy atom. The number of hydrogen-bond donors (Lipinski definition) is 1. The van der Waals surface area contributed by atoms with Gasteiger partial charge in [0.1, 0.15) is 24.6 Å². The molecule has 0 unspecified atom stereocenters. The lowest BCUT2D eigenvalue weighted by atomic mass is 9.90. The summed E-state index contributed by atoms with van der Waals surface area (Å²) in [6, 6.07) is 7.44. The van der Waals surface area contributed by atoms with Crippen LogP contribution in [0.4, 0.5) is 17.6 Å². The Balaban J connectivity index is 1.84. The minimum Gasteiger partial charge on any atom is -0.502 e. The van der Waals surface area contributed by atoms with Crippen molar-refractivity contribution in [2.75, 3.05) is 11.7 Å². The monoisotopic (exact) mass is 529 g/mol. The first-order chi connectivity index (χ1) is 17.5. The molecule has 1 aromatic heterocycles. The number of aromatic hydroxyl groups is 1. The smallest absolute Gasteiger partial charge is 0.408 e. The average molecular weight is 530 g/mol. The maximum Gasteiger partial charge on any atom is 0.408 e. The molecule has 5 rings (SSSR count). The average Bonchev–Trinajstić information content (AvgIpc) is 3.03. The Labute approximate surface area is 213 Å². The molecule has 0 spiro atoms. The van der Waals surface area contributed by atoms with Gasteiger partial charge in [-0.05, 0) is 30.2 Å². The van der Waals surface area contributed by atoms with Crippen molar-refractivity contribution in [2.45, 2.75) is 35.8 Å². The van der Waals surface area contributed by atoms with Crippen molar-refractivity contribution in [1.82, 2.24) is 9.58 Å². The van der Waals surface area contributed by atoms with Crippen LogP contribution in [-0.4, -0.2) is 39.5 Å². The second-order valence-corrected chi connectivity index (χ2v) is 9.65. The van der Waals surface area contributed by atoms with Gasteiger partial charge in [-0.15, -0.1) is 18.2 Å². The zero-order valence-corrected chi connectivity index (χ0v) is 20.1. The van der Waals surface area contributed by atoms with Crippen molar-refractivity contribution in [3.63, 3.8) is 0 Å². The van der Waals surface area contributed by atoms with Crippen LogP contribution in [0, 0.1) is 18.2 Å². The van der Waals surface area contributed by atoms with E-state index in [1.54, 1.807) is 24.3 Å². The van der Waals surface area contributed by atoms with Gasteiger partial charge >= 0.3 is 6.18 Å². The molecule has 0 fully saturated rings. The number of nitrogens with zero attached hydrogens (tertiary/aromatic N) is 3. The number of carbonyl (C=O) groups is 1. The van der Waals surface area contributed by atoms with Crippen LogP contribution < -0.4 is 10.4 Å². The van der Waals surface area contributed by atoms with Gasteiger partial charge < -0.3 is 10.0 Å². The molecular formula is C26H19F4N3O3S. The minimum atomic E-state index is -4.79. The summed E-state index contributed by atoms with van der Waals surface area (Å²) >= 11 is 1.23. The first kappa shape index (κ1) is 24.8. The third-order valence-corrected chi connectivity index (χ3v) is 7.79. The fourth-order valence-corrected chi connectivity index (χ4v) is 5.84. The summed E-state index contributed by atoms with van der Waals surface area (Å²) in [5.41, 5.74) is 0.613. The van der Waals surface area contributed by atoms with Crippen molar-refractivity contribution in [3.8, 4) is 18.1 Å². The Kier molecular flexibility index (Phi) is 5.95. The maximum atomic E-state index is 15.1. The summed E-state index contributed by atoms with van der Waals surface area (Å²) in [5, 5.41) is 11.9. The zero-order chi connectivity index (χ0) is 26.6. The van der Waals surface area contributed by atoms with Gasteiger partial charge in [0.05, 0.1) is 0 Å². The van der Waals surface area contributed by atoms with E-state index in [0.29, 0.717) is 27.3 Å². The van der Waals surface area contributed by atoms with E-state index in [2.05, 4.69) is 5.92 Å². The quantitative estimate of drug-likeness (QED) is 0.395. The number of fused-ring (bicyclic) bond motifs is 3. The minimum absolute atomic E-state index is 0.283. The van der Waals surface area contributed by atoms with Crippen LogP contribution in [0.25, 0.3) is 0 Å². The third kappa shape index (κ3) is 3.92. The van der Waals surface area contributed by atoms with Gasteiger partial charge in [0, 0.05) is 34.0 Å². The van der Waals surface area contributed by atoms with Gasteiger partial charge in [0.2, 0.25) is 5.43 Å². The van der Waals surface area contributed by atoms with E-state index >= 15 is 4.39 Å². The summed E-state index contributed by atoms with van der Waals surface area (Å²) in [6.45, 7) is 0.236. The van der Waals surface area contributed by atoms with Crippen molar-refractivity contribution >= 4 is 17.7 Å². The Morgan fingerprint density at radius 3 is 2.59 bits per heavy atom. The summed E-state index contributed by atoms with van der Waals surface area (Å²) in [5.74, 6) is 0.291. The molecule has 0 saturated heterocycles. The first-order valence-corrected chi connectivity index (χ1v) is 12.1. The molecule has 2 atom stereocenters. The van der Waals surface area contributed by atoms with Gasteiger partial charge in [-0.2, -0.15) is 13.2 Å². The zero-order valence-electron chi connectivity index (χ0n) is 19.3. The Bertz CT molecular complexity index is 1530. The van der Waals surface area contributed by atoms with Crippen LogP contribution in [-0.2, 0) is 5.75 Å². The second-order valence-electron chi connectivity index (χ2n) is 8.67. The van der Waals surface area contributed by atoms with Gasteiger partial charge in [-0.3, -0.25) is 19.3 Å². The molecule has 2 aliphatic heterocycles. The second kappa shape index (κ2) is 8.88. The number of carbonyl (C=O) groups excluding carboxylic acids is 1. The number of amides is 1. The predicted molar refractivity (Wildman–Crippen MR) is 129 cm³/mol. The van der Waals surface area contributed by atoms with Crippen molar-refractivity contribution < 1.29 is 27.5 Å². The highest BCUT2D eigenvalue weighted by atomic mass is 32.2. The molecule has 1 amide bonds. The lowest BCUT2D eigenvalue weighted by Crippen LogP contribution is -2.60. The number of rotatable bonds is 2. The topological polar surface area (TPSA) is 65.8 Å². The van der Waals surface area contributed by atoms with Crippen LogP contribution in [0.3, 0.4) is 0 Å². The number of hydrogen-bond acceptors (Lipinski definition) is 5. The molecule has 3 aromatic rings. The van der Waals surface area contributed by atoms with Crippen LogP contribution in [0.15, 0.2) is 58.4 Å². The molecule has 11 heteroatoms. The van der Waals surface area contributed by atoms with Crippen molar-refractivity contribution in [3.05, 3.63) is 92.6 Å². The molecule has 1 N–H and O–H groups in total. The standard InChI is InChI=1S/C26H19F4N3O3S/c1-3-15-6-4-7-16-12-37-24-17(8-5-9-18(24)27)21(20(15)16)33-13-31(14(2)26(28,29)30)25(36)22-23(35)19(34)10-11-32(22)33/h1,4-11,14,21,35H,12-13H2,2H3/t14-,21+/m1/s1. The van der Waals surface area contributed by atoms with Crippen LogP contribution in [0.5, 0.6) is 5.75 Å². The summed E-state index contributed by atoms with van der Waals surface area (Å²) in [4.78, 5) is 26.3. The molecule has 190 valence electrons. The third-order valence-electron chi connectivity index (χ3n) is 6.62. The molecule has 37 heavy (non-hydrogen) atoms. The van der Waals surface area contributed by atoms with E-state index in [-0.39, 0.29) is 4.90 Å². The fourth-order valence-electron chi connectivity index (χ4n) is 4.73. The molecule has 2 aliphatic rings. The molecule has 6 nitrogen and oxygen atoms in total. The SMILES string of the molecule is C#Cc1cccc2c1[C@@H](N1CN([C@H](C)C(F)(F)F)C(=O)c3c(O)c(=O)ccn31)c1cccc(F)c1SC2. The fraction of sp³-hybridized carbons (Fsp3) is 0.231. The van der Waals surface area contributed by atoms with Gasteiger partial charge in [-0.1, -0.05) is 30.2 Å². The predicted octanol–water partition coefficient (Wildman–Crippen LogP) is 4.37. The summed E-state index contributed by atoms with van der Waals surface area (Å²) in [6.07, 6.45) is 2.23. The first-order valence-electron chi connectivity index (χ1n) is 11.1. The molecule has 0 radical (unpaired) electrons. The highest BCUT2D eigenvalue weighted by Gasteiger charge is 2.48. The number of benzene rings is 2. The van der Waals surface area contributed by atoms with E-state index in [9.17, 15) is 27.9 Å². The van der Waals surface area contributed by atoms with Crippen LogP contribution in [0.2, 0.25) is 0 Å². The number of alkyl halides is 3. The van der Waals surface area contributed by atoms with Gasteiger partial charge in [-0.25, -0.2) is 4.39 Å². The number of halogens is 4. The molecule has 2 aromatic carbocycles. The van der Waals surface area contributed by atoms with E-state index in [1.165, 1.54) is 35.1 Å². The number of terminal acetylenes is 1. The summed E-state index contributed by atoms with van der Waals surface area (Å²) < 4.78 is 57.7. The van der Waals surface area contributed by atoms with E-state index < -0.39 is 53.5 Å². The van der Waals surface area contributed by atoms with Crippen LogP contribution >= 0.6 is 11.8 Å². The molecule has 0 bridgehead atoms. The summed E-state index contributed by atoms with van der Waals surface area (Å²) in [7, 11) is 0. The number of aromatic nitrogens is 1. The van der Waals surface area contributed by atoms with E-state index in [1.807, 2.05) is 0 Å². The van der Waals surface area contributed by atoms with Crippen molar-refractivity contribution in [2.24, 2.45) is 0 Å². The van der Waals surface area contributed by atoms with E-state index in [4.69, 9.17) is 6.42 Å². The highest BCUT2D eigenvalue weighted by molar-refractivity contribution is 7.98. The normalized spacial score (nSPS) is 17.8. The molecule has 0 aliphatic carbocycles. The number of pyridine rings is 1.